The molecule has 1 N–H and O–H groups in total. The summed E-state index contributed by atoms with van der Waals surface area (Å²) in [5, 5.41) is 2.84. The molecule has 0 saturated carbocycles. The van der Waals surface area contributed by atoms with Gasteiger partial charge in [-0.25, -0.2) is 0 Å². The van der Waals surface area contributed by atoms with Crippen molar-refractivity contribution in [3.63, 3.8) is 0 Å². The van der Waals surface area contributed by atoms with E-state index in [9.17, 15) is 13.2 Å². The van der Waals surface area contributed by atoms with Gasteiger partial charge in [-0.05, 0) is 19.4 Å². The van der Waals surface area contributed by atoms with Gasteiger partial charge in [-0.2, -0.15) is 13.2 Å². The third-order valence-corrected chi connectivity index (χ3v) is 1.83. The van der Waals surface area contributed by atoms with E-state index in [1.54, 1.807) is 0 Å². The van der Waals surface area contributed by atoms with Crippen molar-refractivity contribution in [3.8, 4) is 0 Å². The van der Waals surface area contributed by atoms with Gasteiger partial charge < -0.3 is 10.1 Å². The minimum absolute atomic E-state index is 0.132. The van der Waals surface area contributed by atoms with E-state index in [2.05, 4.69) is 5.32 Å². The second-order valence-electron chi connectivity index (χ2n) is 3.55. The molecular formula is C10H20F3NO. The Labute approximate surface area is 89.2 Å². The Morgan fingerprint density at radius 3 is 2.33 bits per heavy atom. The maximum absolute atomic E-state index is 12.1. The molecule has 0 bridgehead atoms. The van der Waals surface area contributed by atoms with Gasteiger partial charge in [0.15, 0.2) is 0 Å². The Bertz CT molecular complexity index is 150. The first kappa shape index (κ1) is 14.7. The Morgan fingerprint density at radius 1 is 1.20 bits per heavy atom. The van der Waals surface area contributed by atoms with Crippen LogP contribution < -0.4 is 5.32 Å². The molecule has 15 heavy (non-hydrogen) atoms. The van der Waals surface area contributed by atoms with Gasteiger partial charge in [-0.1, -0.05) is 13.8 Å². The van der Waals surface area contributed by atoms with Gasteiger partial charge >= 0.3 is 6.18 Å². The molecular weight excluding hydrogens is 207 g/mol. The molecule has 0 saturated heterocycles. The van der Waals surface area contributed by atoms with Crippen molar-refractivity contribution in [2.75, 3.05) is 19.8 Å². The third kappa shape index (κ3) is 10.0. The van der Waals surface area contributed by atoms with Crippen LogP contribution in [0.4, 0.5) is 13.2 Å². The van der Waals surface area contributed by atoms with Crippen molar-refractivity contribution in [1.82, 2.24) is 5.32 Å². The molecule has 0 rings (SSSR count). The zero-order valence-corrected chi connectivity index (χ0v) is 9.36. The summed E-state index contributed by atoms with van der Waals surface area (Å²) in [7, 11) is 0. The van der Waals surface area contributed by atoms with Crippen LogP contribution in [0.2, 0.25) is 0 Å². The monoisotopic (exact) mass is 227 g/mol. The maximum atomic E-state index is 12.1. The molecule has 2 nitrogen and oxygen atoms in total. The minimum Gasteiger partial charge on any atom is -0.380 e. The smallest absolute Gasteiger partial charge is 0.380 e. The number of hydrogen-bond donors (Lipinski definition) is 1. The second kappa shape index (κ2) is 7.93. The van der Waals surface area contributed by atoms with E-state index in [0.29, 0.717) is 13.2 Å². The number of rotatable bonds is 8. The van der Waals surface area contributed by atoms with E-state index in [-0.39, 0.29) is 6.61 Å². The Kier molecular flexibility index (Phi) is 7.78. The molecule has 0 spiro atoms. The average Bonchev–Trinajstić information content (AvgIpc) is 2.12. The Hall–Kier alpha value is -0.290. The minimum atomic E-state index is -4.12. The van der Waals surface area contributed by atoms with Crippen LogP contribution in [0.5, 0.6) is 0 Å². The summed E-state index contributed by atoms with van der Waals surface area (Å²) in [5.74, 6) is 0. The first-order valence-electron chi connectivity index (χ1n) is 5.37. The quantitative estimate of drug-likeness (QED) is 0.644. The fraction of sp³-hybridized carbons (Fsp3) is 1.00. The molecule has 0 heterocycles. The number of ether oxygens (including phenoxy) is 1. The van der Waals surface area contributed by atoms with E-state index in [0.717, 1.165) is 12.8 Å². The summed E-state index contributed by atoms with van der Waals surface area (Å²) < 4.78 is 41.6. The molecule has 0 amide bonds. The van der Waals surface area contributed by atoms with Crippen LogP contribution in [0.1, 0.15) is 33.1 Å². The van der Waals surface area contributed by atoms with Gasteiger partial charge in [-0.3, -0.25) is 0 Å². The topological polar surface area (TPSA) is 21.3 Å². The highest BCUT2D eigenvalue weighted by atomic mass is 19.4. The Balaban J connectivity index is 3.84. The zero-order valence-electron chi connectivity index (χ0n) is 9.36. The lowest BCUT2D eigenvalue weighted by atomic mass is 10.2. The molecule has 0 aromatic carbocycles. The predicted octanol–water partition coefficient (Wildman–Crippen LogP) is 2.73. The normalized spacial score (nSPS) is 14.2. The highest BCUT2D eigenvalue weighted by Crippen LogP contribution is 2.21. The first-order valence-corrected chi connectivity index (χ1v) is 5.37. The molecule has 0 aromatic rings. The molecule has 0 aliphatic heterocycles. The lowest BCUT2D eigenvalue weighted by Crippen LogP contribution is -2.38. The van der Waals surface area contributed by atoms with Gasteiger partial charge in [-0.15, -0.1) is 0 Å². The molecule has 1 atom stereocenters. The third-order valence-electron chi connectivity index (χ3n) is 1.83. The van der Waals surface area contributed by atoms with Crippen molar-refractivity contribution < 1.29 is 17.9 Å². The molecule has 0 aliphatic rings. The molecule has 0 aromatic heterocycles. The number of alkyl halides is 3. The van der Waals surface area contributed by atoms with Gasteiger partial charge in [0.05, 0.1) is 13.0 Å². The van der Waals surface area contributed by atoms with Crippen LogP contribution in [-0.2, 0) is 4.74 Å². The lowest BCUT2D eigenvalue weighted by Gasteiger charge is -2.19. The van der Waals surface area contributed by atoms with Crippen molar-refractivity contribution in [1.29, 1.82) is 0 Å². The fourth-order valence-corrected chi connectivity index (χ4v) is 1.19. The van der Waals surface area contributed by atoms with Crippen molar-refractivity contribution in [2.45, 2.75) is 45.3 Å². The largest absolute Gasteiger partial charge is 0.390 e. The Morgan fingerprint density at radius 2 is 1.87 bits per heavy atom. The van der Waals surface area contributed by atoms with E-state index >= 15 is 0 Å². The summed E-state index contributed by atoms with van der Waals surface area (Å²) in [6.07, 6.45) is -3.30. The summed E-state index contributed by atoms with van der Waals surface area (Å²) in [4.78, 5) is 0. The highest BCUT2D eigenvalue weighted by Gasteiger charge is 2.31. The van der Waals surface area contributed by atoms with Gasteiger partial charge in [0.25, 0.3) is 0 Å². The maximum Gasteiger partial charge on any atom is 0.390 e. The zero-order chi connectivity index (χ0) is 11.7. The number of hydrogen-bond acceptors (Lipinski definition) is 2. The highest BCUT2D eigenvalue weighted by molar-refractivity contribution is 4.70. The molecule has 0 fully saturated rings. The number of nitrogens with one attached hydrogen (secondary N) is 1. The predicted molar refractivity (Wildman–Crippen MR) is 53.9 cm³/mol. The molecule has 5 heteroatoms. The summed E-state index contributed by atoms with van der Waals surface area (Å²) >= 11 is 0. The van der Waals surface area contributed by atoms with Crippen LogP contribution in [0.15, 0.2) is 0 Å². The summed E-state index contributed by atoms with van der Waals surface area (Å²) in [5.41, 5.74) is 0. The van der Waals surface area contributed by atoms with E-state index in [4.69, 9.17) is 4.74 Å². The van der Waals surface area contributed by atoms with Crippen LogP contribution in [-0.4, -0.2) is 32.0 Å². The van der Waals surface area contributed by atoms with Crippen molar-refractivity contribution in [2.24, 2.45) is 0 Å². The van der Waals surface area contributed by atoms with Gasteiger partial charge in [0.2, 0.25) is 0 Å². The van der Waals surface area contributed by atoms with E-state index in [1.807, 2.05) is 13.8 Å². The SMILES string of the molecule is CCCNC(COCCC)CC(F)(F)F. The summed E-state index contributed by atoms with van der Waals surface area (Å²) in [6, 6.07) is -0.614. The second-order valence-corrected chi connectivity index (χ2v) is 3.55. The van der Waals surface area contributed by atoms with E-state index < -0.39 is 18.6 Å². The van der Waals surface area contributed by atoms with Crippen molar-refractivity contribution in [3.05, 3.63) is 0 Å². The molecule has 1 unspecified atom stereocenters. The standard InChI is InChI=1S/C10H20F3NO/c1-3-5-14-9(7-10(11,12)13)8-15-6-4-2/h9,14H,3-8H2,1-2H3. The van der Waals surface area contributed by atoms with Crippen LogP contribution >= 0.6 is 0 Å². The van der Waals surface area contributed by atoms with Crippen molar-refractivity contribution >= 4 is 0 Å². The lowest BCUT2D eigenvalue weighted by molar-refractivity contribution is -0.143. The molecule has 0 radical (unpaired) electrons. The van der Waals surface area contributed by atoms with Gasteiger partial charge in [0, 0.05) is 12.6 Å². The van der Waals surface area contributed by atoms with Gasteiger partial charge in [0.1, 0.15) is 0 Å². The molecule has 0 aliphatic carbocycles. The fourth-order valence-electron chi connectivity index (χ4n) is 1.19. The molecule has 92 valence electrons. The van der Waals surface area contributed by atoms with Crippen LogP contribution in [0.25, 0.3) is 0 Å². The van der Waals surface area contributed by atoms with E-state index in [1.165, 1.54) is 0 Å². The number of halogens is 3. The average molecular weight is 227 g/mol. The first-order chi connectivity index (χ1) is 6.99. The summed E-state index contributed by atoms with van der Waals surface area (Å²) in [6.45, 7) is 5.09. The van der Waals surface area contributed by atoms with Crippen LogP contribution in [0, 0.1) is 0 Å². The van der Waals surface area contributed by atoms with Crippen LogP contribution in [0.3, 0.4) is 0 Å².